The Kier molecular flexibility index (Phi) is 12.2. The Bertz CT molecular complexity index is 483. The highest BCUT2D eigenvalue weighted by atomic mass is 35.5. The highest BCUT2D eigenvalue weighted by Crippen LogP contribution is 2.12. The van der Waals surface area contributed by atoms with Crippen LogP contribution in [0.15, 0.2) is 24.3 Å². The topological polar surface area (TPSA) is 72.2 Å². The van der Waals surface area contributed by atoms with Crippen LogP contribution in [0.4, 0.5) is 0 Å². The van der Waals surface area contributed by atoms with E-state index in [1.54, 1.807) is 24.3 Å². The molecule has 0 bridgehead atoms. The number of rotatable bonds is 10. The Morgan fingerprint density at radius 3 is 2.48 bits per heavy atom. The molecular formula is C16H24Cl2N2O2S. The molecule has 1 aromatic carbocycles. The first-order valence-electron chi connectivity index (χ1n) is 7.42. The van der Waals surface area contributed by atoms with Crippen LogP contribution in [-0.4, -0.2) is 35.8 Å². The second-order valence-corrected chi connectivity index (χ2v) is 6.49. The van der Waals surface area contributed by atoms with E-state index in [1.165, 1.54) is 11.8 Å². The SMILES string of the molecule is CCCCC(CN)NC(=O)CSCC(=O)c1ccc(Cl)cc1.Cl. The van der Waals surface area contributed by atoms with Crippen molar-refractivity contribution in [3.63, 3.8) is 0 Å². The Morgan fingerprint density at radius 2 is 1.91 bits per heavy atom. The lowest BCUT2D eigenvalue weighted by atomic mass is 10.1. The fourth-order valence-corrected chi connectivity index (χ4v) is 2.77. The maximum absolute atomic E-state index is 11.9. The molecule has 0 aliphatic heterocycles. The van der Waals surface area contributed by atoms with Crippen molar-refractivity contribution in [2.75, 3.05) is 18.1 Å². The maximum Gasteiger partial charge on any atom is 0.230 e. The van der Waals surface area contributed by atoms with Crippen LogP contribution < -0.4 is 11.1 Å². The largest absolute Gasteiger partial charge is 0.351 e. The zero-order chi connectivity index (χ0) is 16.4. The summed E-state index contributed by atoms with van der Waals surface area (Å²) in [6.45, 7) is 2.55. The Labute approximate surface area is 153 Å². The van der Waals surface area contributed by atoms with Crippen molar-refractivity contribution in [1.29, 1.82) is 0 Å². The average molecular weight is 379 g/mol. The van der Waals surface area contributed by atoms with E-state index in [4.69, 9.17) is 17.3 Å². The summed E-state index contributed by atoms with van der Waals surface area (Å²) in [5.41, 5.74) is 6.25. The summed E-state index contributed by atoms with van der Waals surface area (Å²) in [7, 11) is 0. The number of hydrogen-bond acceptors (Lipinski definition) is 4. The average Bonchev–Trinajstić information content (AvgIpc) is 2.51. The first-order chi connectivity index (χ1) is 10.6. The Balaban J connectivity index is 0.00000484. The van der Waals surface area contributed by atoms with Gasteiger partial charge in [0.1, 0.15) is 0 Å². The molecule has 0 aliphatic rings. The number of amides is 1. The molecule has 0 saturated carbocycles. The molecule has 1 amide bonds. The number of nitrogens with two attached hydrogens (primary N) is 1. The van der Waals surface area contributed by atoms with Crippen molar-refractivity contribution < 1.29 is 9.59 Å². The summed E-state index contributed by atoms with van der Waals surface area (Å²) in [5, 5.41) is 3.51. The third-order valence-electron chi connectivity index (χ3n) is 3.19. The quantitative estimate of drug-likeness (QED) is 0.612. The lowest BCUT2D eigenvalue weighted by Crippen LogP contribution is -2.41. The lowest BCUT2D eigenvalue weighted by Gasteiger charge is -2.16. The van der Waals surface area contributed by atoms with Gasteiger partial charge in [-0.2, -0.15) is 0 Å². The second kappa shape index (κ2) is 12.6. The number of thioether (sulfide) groups is 1. The van der Waals surface area contributed by atoms with E-state index in [2.05, 4.69) is 12.2 Å². The van der Waals surface area contributed by atoms with Gasteiger partial charge in [0.2, 0.25) is 5.91 Å². The van der Waals surface area contributed by atoms with Crippen molar-refractivity contribution in [3.05, 3.63) is 34.9 Å². The molecule has 0 saturated heterocycles. The monoisotopic (exact) mass is 378 g/mol. The van der Waals surface area contributed by atoms with Crippen molar-refractivity contribution >= 4 is 47.5 Å². The van der Waals surface area contributed by atoms with Gasteiger partial charge in [-0.05, 0) is 30.7 Å². The van der Waals surface area contributed by atoms with Crippen molar-refractivity contribution in [1.82, 2.24) is 5.32 Å². The summed E-state index contributed by atoms with van der Waals surface area (Å²) in [4.78, 5) is 23.8. The highest BCUT2D eigenvalue weighted by Gasteiger charge is 2.12. The normalized spacial score (nSPS) is 11.4. The first-order valence-corrected chi connectivity index (χ1v) is 8.96. The van der Waals surface area contributed by atoms with E-state index in [9.17, 15) is 9.59 Å². The molecule has 0 aliphatic carbocycles. The van der Waals surface area contributed by atoms with E-state index in [-0.39, 0.29) is 41.6 Å². The van der Waals surface area contributed by atoms with Crippen LogP contribution in [0.3, 0.4) is 0 Å². The van der Waals surface area contributed by atoms with Gasteiger partial charge >= 0.3 is 0 Å². The molecule has 130 valence electrons. The minimum absolute atomic E-state index is 0. The van der Waals surface area contributed by atoms with Gasteiger partial charge in [-0.15, -0.1) is 24.2 Å². The van der Waals surface area contributed by atoms with E-state index < -0.39 is 0 Å². The molecule has 4 nitrogen and oxygen atoms in total. The van der Waals surface area contributed by atoms with Crippen molar-refractivity contribution in [3.8, 4) is 0 Å². The predicted molar refractivity (Wildman–Crippen MR) is 101 cm³/mol. The van der Waals surface area contributed by atoms with Crippen molar-refractivity contribution in [2.45, 2.75) is 32.2 Å². The van der Waals surface area contributed by atoms with Gasteiger partial charge in [0, 0.05) is 23.2 Å². The number of carbonyl (C=O) groups is 2. The molecule has 7 heteroatoms. The molecule has 0 radical (unpaired) electrons. The molecule has 1 atom stereocenters. The van der Waals surface area contributed by atoms with Gasteiger partial charge in [-0.25, -0.2) is 0 Å². The third kappa shape index (κ3) is 9.20. The third-order valence-corrected chi connectivity index (χ3v) is 4.37. The molecular weight excluding hydrogens is 355 g/mol. The van der Waals surface area contributed by atoms with Crippen LogP contribution in [0.2, 0.25) is 5.02 Å². The summed E-state index contributed by atoms with van der Waals surface area (Å²) in [6, 6.07) is 6.79. The number of benzene rings is 1. The van der Waals surface area contributed by atoms with Crippen LogP contribution in [-0.2, 0) is 4.79 Å². The molecule has 3 N–H and O–H groups in total. The van der Waals surface area contributed by atoms with Crippen LogP contribution >= 0.6 is 35.8 Å². The van der Waals surface area contributed by atoms with E-state index in [1.807, 2.05) is 0 Å². The molecule has 0 aromatic heterocycles. The standard InChI is InChI=1S/C16H23ClN2O2S.ClH/c1-2-3-4-14(9-18)19-16(21)11-22-10-15(20)12-5-7-13(17)8-6-12;/h5-8,14H,2-4,9-11,18H2,1H3,(H,19,21);1H. The Morgan fingerprint density at radius 1 is 1.26 bits per heavy atom. The molecule has 0 fully saturated rings. The summed E-state index contributed by atoms with van der Waals surface area (Å²) >= 11 is 7.09. The fourth-order valence-electron chi connectivity index (χ4n) is 1.92. The number of nitrogens with one attached hydrogen (secondary N) is 1. The van der Waals surface area contributed by atoms with Gasteiger partial charge in [-0.3, -0.25) is 9.59 Å². The van der Waals surface area contributed by atoms with Gasteiger partial charge < -0.3 is 11.1 Å². The molecule has 0 heterocycles. The minimum atomic E-state index is -0.0690. The lowest BCUT2D eigenvalue weighted by molar-refractivity contribution is -0.119. The molecule has 1 aromatic rings. The maximum atomic E-state index is 11.9. The smallest absolute Gasteiger partial charge is 0.230 e. The number of ketones is 1. The van der Waals surface area contributed by atoms with Crippen LogP contribution in [0.25, 0.3) is 0 Å². The van der Waals surface area contributed by atoms with Gasteiger partial charge in [0.25, 0.3) is 0 Å². The minimum Gasteiger partial charge on any atom is -0.351 e. The van der Waals surface area contributed by atoms with Crippen LogP contribution in [0.1, 0.15) is 36.5 Å². The highest BCUT2D eigenvalue weighted by molar-refractivity contribution is 8.00. The first kappa shape index (κ1) is 22.2. The summed E-state index contributed by atoms with van der Waals surface area (Å²) in [5.74, 6) is 0.468. The van der Waals surface area contributed by atoms with Gasteiger partial charge in [0.15, 0.2) is 5.78 Å². The van der Waals surface area contributed by atoms with Crippen molar-refractivity contribution in [2.24, 2.45) is 5.73 Å². The number of carbonyl (C=O) groups excluding carboxylic acids is 2. The summed E-state index contributed by atoms with van der Waals surface area (Å²) in [6.07, 6.45) is 3.02. The summed E-state index contributed by atoms with van der Waals surface area (Å²) < 4.78 is 0. The second-order valence-electron chi connectivity index (χ2n) is 5.07. The van der Waals surface area contributed by atoms with Crippen LogP contribution in [0.5, 0.6) is 0 Å². The molecule has 1 unspecified atom stereocenters. The molecule has 0 spiro atoms. The number of Topliss-reactive ketones (excluding diaryl/α,β-unsaturated/α-hetero) is 1. The zero-order valence-corrected chi connectivity index (χ0v) is 15.6. The van der Waals surface area contributed by atoms with E-state index >= 15 is 0 Å². The predicted octanol–water partition coefficient (Wildman–Crippen LogP) is 3.31. The van der Waals surface area contributed by atoms with Crippen LogP contribution in [0, 0.1) is 0 Å². The zero-order valence-electron chi connectivity index (χ0n) is 13.2. The van der Waals surface area contributed by atoms with E-state index in [0.717, 1.165) is 19.3 Å². The molecule has 23 heavy (non-hydrogen) atoms. The number of unbranched alkanes of at least 4 members (excludes halogenated alkanes) is 1. The van der Waals surface area contributed by atoms with Gasteiger partial charge in [0.05, 0.1) is 11.5 Å². The number of halogens is 2. The molecule has 1 rings (SSSR count). The number of hydrogen-bond donors (Lipinski definition) is 2. The van der Waals surface area contributed by atoms with E-state index in [0.29, 0.717) is 17.1 Å². The van der Waals surface area contributed by atoms with Gasteiger partial charge in [-0.1, -0.05) is 31.4 Å². The Hall–Kier alpha value is -0.750. The fraction of sp³-hybridized carbons (Fsp3) is 0.500.